The lowest BCUT2D eigenvalue weighted by Crippen LogP contribution is -2.97. The van der Waals surface area contributed by atoms with Crippen molar-refractivity contribution in [2.75, 3.05) is 19.8 Å². The molecule has 1 rings (SSSR count). The smallest absolute Gasteiger partial charge is 0.137 e. The van der Waals surface area contributed by atoms with Crippen molar-refractivity contribution < 1.29 is 20.3 Å². The van der Waals surface area contributed by atoms with Crippen molar-refractivity contribution in [3.63, 3.8) is 0 Å². The molecule has 0 amide bonds. The average molecular weight is 254 g/mol. The molecule has 0 fully saturated rings. The fraction of sp³-hybridized carbons (Fsp3) is 0.571. The molecule has 0 radical (unpaired) electrons. The summed E-state index contributed by atoms with van der Waals surface area (Å²) in [5, 5.41) is 20.9. The van der Waals surface area contributed by atoms with Crippen LogP contribution in [0.3, 0.4) is 0 Å². The molecule has 4 nitrogen and oxygen atoms in total. The number of para-hydroxylation sites is 1. The summed E-state index contributed by atoms with van der Waals surface area (Å²) in [6.45, 7) is 6.70. The molecular formula is C14H24NO3+. The van der Waals surface area contributed by atoms with E-state index < -0.39 is 6.10 Å². The maximum Gasteiger partial charge on any atom is 0.137 e. The van der Waals surface area contributed by atoms with Gasteiger partial charge in [0.05, 0.1) is 6.61 Å². The number of hydrogen-bond donors (Lipinski definition) is 3. The Kier molecular flexibility index (Phi) is 5.59. The first-order valence-corrected chi connectivity index (χ1v) is 6.26. The fourth-order valence-electron chi connectivity index (χ4n) is 1.49. The number of ether oxygens (including phenoxy) is 1. The molecule has 0 aliphatic heterocycles. The second-order valence-corrected chi connectivity index (χ2v) is 5.32. The molecule has 4 N–H and O–H groups in total. The van der Waals surface area contributed by atoms with Crippen LogP contribution in [0.25, 0.3) is 0 Å². The minimum atomic E-state index is -0.546. The minimum Gasteiger partial charge on any atom is -0.490 e. The standard InChI is InChI=1S/C14H23NO3/c1-11-6-4-5-7-13(11)18-9-12(17)8-15-14(2,3)10-16/h4-7,12,15-17H,8-10H2,1-3H3/p+1/t12-/m0/s1. The van der Waals surface area contributed by atoms with E-state index in [0.717, 1.165) is 11.3 Å². The SMILES string of the molecule is Cc1ccccc1OC[C@@H](O)C[NH2+]C(C)(C)CO. The molecule has 0 saturated carbocycles. The number of quaternary nitrogens is 1. The van der Waals surface area contributed by atoms with Gasteiger partial charge in [-0.25, -0.2) is 0 Å². The van der Waals surface area contributed by atoms with Gasteiger partial charge >= 0.3 is 0 Å². The Bertz CT molecular complexity index is 366. The van der Waals surface area contributed by atoms with Gasteiger partial charge in [-0.15, -0.1) is 0 Å². The Hall–Kier alpha value is -1.10. The summed E-state index contributed by atoms with van der Waals surface area (Å²) in [6.07, 6.45) is -0.546. The lowest BCUT2D eigenvalue weighted by atomic mass is 10.1. The Morgan fingerprint density at radius 1 is 1.33 bits per heavy atom. The second kappa shape index (κ2) is 6.73. The molecule has 0 unspecified atom stereocenters. The van der Waals surface area contributed by atoms with E-state index in [1.807, 2.05) is 50.4 Å². The van der Waals surface area contributed by atoms with Crippen molar-refractivity contribution >= 4 is 0 Å². The van der Waals surface area contributed by atoms with Crippen LogP contribution >= 0.6 is 0 Å². The molecule has 0 heterocycles. The van der Waals surface area contributed by atoms with Gasteiger partial charge in [0.25, 0.3) is 0 Å². The van der Waals surface area contributed by atoms with Gasteiger partial charge in [-0.05, 0) is 32.4 Å². The van der Waals surface area contributed by atoms with Gasteiger partial charge in [-0.2, -0.15) is 0 Å². The molecule has 1 aromatic carbocycles. The van der Waals surface area contributed by atoms with Crippen molar-refractivity contribution in [2.24, 2.45) is 0 Å². The van der Waals surface area contributed by atoms with E-state index >= 15 is 0 Å². The number of aliphatic hydroxyl groups is 2. The van der Waals surface area contributed by atoms with E-state index in [4.69, 9.17) is 9.84 Å². The van der Waals surface area contributed by atoms with Crippen LogP contribution in [0.1, 0.15) is 19.4 Å². The fourth-order valence-corrected chi connectivity index (χ4v) is 1.49. The first-order chi connectivity index (χ1) is 8.44. The lowest BCUT2D eigenvalue weighted by Gasteiger charge is -2.22. The average Bonchev–Trinajstić information content (AvgIpc) is 2.35. The first kappa shape index (κ1) is 15.0. The molecule has 0 aliphatic carbocycles. The van der Waals surface area contributed by atoms with Gasteiger partial charge in [0.1, 0.15) is 30.5 Å². The monoisotopic (exact) mass is 254 g/mol. The highest BCUT2D eigenvalue weighted by molar-refractivity contribution is 5.31. The molecule has 102 valence electrons. The van der Waals surface area contributed by atoms with Gasteiger partial charge in [0, 0.05) is 0 Å². The van der Waals surface area contributed by atoms with Gasteiger partial charge in [-0.3, -0.25) is 0 Å². The van der Waals surface area contributed by atoms with Gasteiger partial charge < -0.3 is 20.3 Å². The van der Waals surface area contributed by atoms with E-state index in [1.54, 1.807) is 0 Å². The quantitative estimate of drug-likeness (QED) is 0.645. The Labute approximate surface area is 109 Å². The number of benzene rings is 1. The highest BCUT2D eigenvalue weighted by Gasteiger charge is 2.21. The van der Waals surface area contributed by atoms with Crippen molar-refractivity contribution in [1.29, 1.82) is 0 Å². The summed E-state index contributed by atoms with van der Waals surface area (Å²) in [5.74, 6) is 0.804. The topological polar surface area (TPSA) is 66.3 Å². The molecule has 0 spiro atoms. The minimum absolute atomic E-state index is 0.0817. The Morgan fingerprint density at radius 2 is 2.00 bits per heavy atom. The maximum atomic E-state index is 9.82. The zero-order valence-corrected chi connectivity index (χ0v) is 11.4. The zero-order chi connectivity index (χ0) is 13.6. The number of nitrogens with two attached hydrogens (primary N) is 1. The second-order valence-electron chi connectivity index (χ2n) is 5.32. The Morgan fingerprint density at radius 3 is 2.61 bits per heavy atom. The molecule has 1 aromatic rings. The number of aliphatic hydroxyl groups excluding tert-OH is 2. The van der Waals surface area contributed by atoms with Crippen molar-refractivity contribution in [1.82, 2.24) is 0 Å². The van der Waals surface area contributed by atoms with Gasteiger partial charge in [0.15, 0.2) is 0 Å². The van der Waals surface area contributed by atoms with Crippen LogP contribution in [0, 0.1) is 6.92 Å². The Balaban J connectivity index is 2.34. The van der Waals surface area contributed by atoms with Crippen LogP contribution in [0.15, 0.2) is 24.3 Å². The largest absolute Gasteiger partial charge is 0.490 e. The predicted octanol–water partition coefficient (Wildman–Crippen LogP) is 0.0690. The number of rotatable bonds is 7. The van der Waals surface area contributed by atoms with Gasteiger partial charge in [0.2, 0.25) is 0 Å². The van der Waals surface area contributed by atoms with Crippen molar-refractivity contribution in [3.05, 3.63) is 29.8 Å². The van der Waals surface area contributed by atoms with Crippen LogP contribution in [-0.2, 0) is 0 Å². The molecule has 4 heteroatoms. The first-order valence-electron chi connectivity index (χ1n) is 6.26. The molecular weight excluding hydrogens is 230 g/mol. The predicted molar refractivity (Wildman–Crippen MR) is 70.6 cm³/mol. The van der Waals surface area contributed by atoms with Crippen LogP contribution in [0.5, 0.6) is 5.75 Å². The summed E-state index contributed by atoms with van der Waals surface area (Å²) in [6, 6.07) is 7.73. The molecule has 0 aromatic heterocycles. The van der Waals surface area contributed by atoms with E-state index in [0.29, 0.717) is 6.54 Å². The molecule has 18 heavy (non-hydrogen) atoms. The van der Waals surface area contributed by atoms with Crippen LogP contribution in [-0.4, -0.2) is 41.6 Å². The summed E-state index contributed by atoms with van der Waals surface area (Å²) >= 11 is 0. The highest BCUT2D eigenvalue weighted by atomic mass is 16.5. The molecule has 0 aliphatic rings. The molecule has 0 bridgehead atoms. The van der Waals surface area contributed by atoms with Crippen LogP contribution in [0.4, 0.5) is 0 Å². The van der Waals surface area contributed by atoms with Crippen molar-refractivity contribution in [3.8, 4) is 5.75 Å². The van der Waals surface area contributed by atoms with Gasteiger partial charge in [-0.1, -0.05) is 18.2 Å². The van der Waals surface area contributed by atoms with Crippen LogP contribution < -0.4 is 10.1 Å². The molecule has 0 saturated heterocycles. The summed E-state index contributed by atoms with van der Waals surface area (Å²) in [5.41, 5.74) is 0.799. The lowest BCUT2D eigenvalue weighted by molar-refractivity contribution is -0.727. The van der Waals surface area contributed by atoms with E-state index in [9.17, 15) is 5.11 Å². The normalized spacial score (nSPS) is 13.4. The maximum absolute atomic E-state index is 9.82. The van der Waals surface area contributed by atoms with E-state index in [-0.39, 0.29) is 18.8 Å². The summed E-state index contributed by atoms with van der Waals surface area (Å²) in [4.78, 5) is 0. The highest BCUT2D eigenvalue weighted by Crippen LogP contribution is 2.15. The van der Waals surface area contributed by atoms with E-state index in [2.05, 4.69) is 0 Å². The van der Waals surface area contributed by atoms with E-state index in [1.165, 1.54) is 0 Å². The molecule has 1 atom stereocenters. The number of aryl methyl sites for hydroxylation is 1. The summed E-state index contributed by atoms with van der Waals surface area (Å²) < 4.78 is 5.56. The third kappa shape index (κ3) is 5.04. The van der Waals surface area contributed by atoms with Crippen LogP contribution in [0.2, 0.25) is 0 Å². The third-order valence-electron chi connectivity index (χ3n) is 2.87. The number of hydrogen-bond acceptors (Lipinski definition) is 3. The summed E-state index contributed by atoms with van der Waals surface area (Å²) in [7, 11) is 0. The third-order valence-corrected chi connectivity index (χ3v) is 2.87. The zero-order valence-electron chi connectivity index (χ0n) is 11.4. The van der Waals surface area contributed by atoms with Crippen molar-refractivity contribution in [2.45, 2.75) is 32.4 Å².